The number of halogens is 3. The number of aromatic nitrogens is 1. The molecule has 1 heterocycles. The summed E-state index contributed by atoms with van der Waals surface area (Å²) < 4.78 is 5.48. The van der Waals surface area contributed by atoms with Crippen molar-refractivity contribution in [3.8, 4) is 5.75 Å². The number of rotatable bonds is 3. The molecule has 0 bridgehead atoms. The van der Waals surface area contributed by atoms with Crippen LogP contribution in [0.2, 0.25) is 15.1 Å². The average molecular weight is 381 g/mol. The van der Waals surface area contributed by atoms with Gasteiger partial charge in [0.15, 0.2) is 5.75 Å². The Kier molecular flexibility index (Phi) is 4.95. The summed E-state index contributed by atoms with van der Waals surface area (Å²) in [4.78, 5) is 16.7. The van der Waals surface area contributed by atoms with E-state index in [1.807, 2.05) is 19.1 Å². The summed E-state index contributed by atoms with van der Waals surface area (Å²) in [5.74, 6) is -0.218. The minimum atomic E-state index is -0.439. The van der Waals surface area contributed by atoms with E-state index in [4.69, 9.17) is 39.5 Å². The molecule has 122 valence electrons. The van der Waals surface area contributed by atoms with Gasteiger partial charge in [0.05, 0.1) is 16.5 Å². The number of hydrogen-bond acceptors (Lipinski definition) is 3. The number of ether oxygens (including phenoxy) is 1. The van der Waals surface area contributed by atoms with Gasteiger partial charge in [0.2, 0.25) is 0 Å². The number of hydrogen-bond donors (Lipinski definition) is 0. The molecule has 0 atom stereocenters. The number of pyridine rings is 1. The van der Waals surface area contributed by atoms with Gasteiger partial charge in [0.1, 0.15) is 5.52 Å². The lowest BCUT2D eigenvalue weighted by Gasteiger charge is -2.11. The molecular weight excluding hydrogens is 369 g/mol. The molecule has 0 saturated carbocycles. The maximum atomic E-state index is 12.3. The first kappa shape index (κ1) is 17.0. The number of esters is 1. The minimum Gasteiger partial charge on any atom is -0.422 e. The number of benzene rings is 2. The quantitative estimate of drug-likeness (QED) is 0.435. The lowest BCUT2D eigenvalue weighted by Crippen LogP contribution is -2.12. The van der Waals surface area contributed by atoms with E-state index in [1.165, 1.54) is 0 Å². The molecule has 0 saturated heterocycles. The van der Waals surface area contributed by atoms with E-state index in [0.29, 0.717) is 20.9 Å². The van der Waals surface area contributed by atoms with Crippen LogP contribution in [0, 0.1) is 6.92 Å². The summed E-state index contributed by atoms with van der Waals surface area (Å²) in [6.45, 7) is 1.84. The van der Waals surface area contributed by atoms with Crippen molar-refractivity contribution in [3.05, 3.63) is 68.8 Å². The first-order chi connectivity index (χ1) is 11.4. The second-order valence-electron chi connectivity index (χ2n) is 5.30. The number of carbonyl (C=O) groups is 1. The molecule has 0 spiro atoms. The highest BCUT2D eigenvalue weighted by atomic mass is 35.5. The molecule has 2 aromatic carbocycles. The third-order valence-corrected chi connectivity index (χ3v) is 4.30. The van der Waals surface area contributed by atoms with E-state index in [0.717, 1.165) is 11.3 Å². The summed E-state index contributed by atoms with van der Waals surface area (Å²) in [7, 11) is 0. The van der Waals surface area contributed by atoms with Crippen molar-refractivity contribution in [1.29, 1.82) is 0 Å². The zero-order valence-corrected chi connectivity index (χ0v) is 14.9. The van der Waals surface area contributed by atoms with Crippen LogP contribution in [0.25, 0.3) is 10.9 Å². The lowest BCUT2D eigenvalue weighted by molar-refractivity contribution is -0.133. The van der Waals surface area contributed by atoms with Crippen LogP contribution in [0.15, 0.2) is 42.5 Å². The van der Waals surface area contributed by atoms with Gasteiger partial charge in [-0.1, -0.05) is 46.9 Å². The van der Waals surface area contributed by atoms with Gasteiger partial charge in [0.25, 0.3) is 0 Å². The predicted octanol–water partition coefficient (Wildman–Crippen LogP) is 5.65. The first-order valence-electron chi connectivity index (χ1n) is 7.14. The Hall–Kier alpha value is -1.81. The van der Waals surface area contributed by atoms with Gasteiger partial charge in [-0.05, 0) is 42.8 Å². The zero-order chi connectivity index (χ0) is 17.3. The smallest absolute Gasteiger partial charge is 0.315 e. The molecule has 3 rings (SSSR count). The van der Waals surface area contributed by atoms with Crippen molar-refractivity contribution < 1.29 is 9.53 Å². The molecule has 6 heteroatoms. The summed E-state index contributed by atoms with van der Waals surface area (Å²) in [5, 5.41) is 1.99. The van der Waals surface area contributed by atoms with Crippen LogP contribution in [0.5, 0.6) is 5.75 Å². The molecule has 0 N–H and O–H groups in total. The SMILES string of the molecule is Cc1ccc2c(Cl)cc(Cl)c(OC(=O)Cc3ccc(Cl)cc3)c2n1. The standard InChI is InChI=1S/C18H12Cl3NO2/c1-10-2-7-13-14(20)9-15(21)18(17(13)22-10)24-16(23)8-11-3-5-12(19)6-4-11/h2-7,9H,8H2,1H3. The van der Waals surface area contributed by atoms with E-state index < -0.39 is 5.97 Å². The molecule has 3 aromatic rings. The van der Waals surface area contributed by atoms with Gasteiger partial charge in [-0.25, -0.2) is 4.98 Å². The Bertz CT molecular complexity index is 924. The van der Waals surface area contributed by atoms with Gasteiger partial charge in [-0.3, -0.25) is 4.79 Å². The van der Waals surface area contributed by atoms with Gasteiger partial charge < -0.3 is 4.74 Å². The third-order valence-electron chi connectivity index (χ3n) is 3.45. The fraction of sp³-hybridized carbons (Fsp3) is 0.111. The fourth-order valence-corrected chi connectivity index (χ4v) is 2.99. The molecule has 0 amide bonds. The van der Waals surface area contributed by atoms with Crippen molar-refractivity contribution in [3.63, 3.8) is 0 Å². The molecule has 0 fully saturated rings. The number of carbonyl (C=O) groups excluding carboxylic acids is 1. The average Bonchev–Trinajstić information content (AvgIpc) is 2.53. The first-order valence-corrected chi connectivity index (χ1v) is 8.28. The van der Waals surface area contributed by atoms with E-state index >= 15 is 0 Å². The Balaban J connectivity index is 1.93. The predicted molar refractivity (Wildman–Crippen MR) is 97.3 cm³/mol. The van der Waals surface area contributed by atoms with Gasteiger partial charge in [-0.2, -0.15) is 0 Å². The Morgan fingerprint density at radius 3 is 2.46 bits per heavy atom. The summed E-state index contributed by atoms with van der Waals surface area (Å²) >= 11 is 18.2. The molecule has 1 aromatic heterocycles. The summed E-state index contributed by atoms with van der Waals surface area (Å²) in [6.07, 6.45) is 0.101. The van der Waals surface area contributed by atoms with Crippen LogP contribution in [0.3, 0.4) is 0 Å². The van der Waals surface area contributed by atoms with E-state index in [9.17, 15) is 4.79 Å². The van der Waals surface area contributed by atoms with Crippen LogP contribution in [-0.4, -0.2) is 11.0 Å². The van der Waals surface area contributed by atoms with Crippen LogP contribution in [0.1, 0.15) is 11.3 Å². The van der Waals surface area contributed by atoms with Crippen LogP contribution < -0.4 is 4.74 Å². The normalized spacial score (nSPS) is 10.8. The lowest BCUT2D eigenvalue weighted by atomic mass is 10.1. The van der Waals surface area contributed by atoms with E-state index in [2.05, 4.69) is 4.98 Å². The van der Waals surface area contributed by atoms with Crippen LogP contribution in [-0.2, 0) is 11.2 Å². The molecule has 0 radical (unpaired) electrons. The largest absolute Gasteiger partial charge is 0.422 e. The molecule has 0 aliphatic heterocycles. The summed E-state index contributed by atoms with van der Waals surface area (Å²) in [5.41, 5.74) is 2.04. The highest BCUT2D eigenvalue weighted by Crippen LogP contribution is 2.37. The van der Waals surface area contributed by atoms with Gasteiger partial charge in [-0.15, -0.1) is 0 Å². The maximum absolute atomic E-state index is 12.3. The second-order valence-corrected chi connectivity index (χ2v) is 6.55. The fourth-order valence-electron chi connectivity index (χ4n) is 2.31. The minimum absolute atomic E-state index is 0.101. The third kappa shape index (κ3) is 3.64. The number of aryl methyl sites for hydroxylation is 1. The molecule has 3 nitrogen and oxygen atoms in total. The van der Waals surface area contributed by atoms with Gasteiger partial charge in [0, 0.05) is 16.1 Å². The van der Waals surface area contributed by atoms with Crippen LogP contribution >= 0.6 is 34.8 Å². The van der Waals surface area contributed by atoms with Crippen molar-refractivity contribution >= 4 is 51.7 Å². The Morgan fingerprint density at radius 2 is 1.75 bits per heavy atom. The van der Waals surface area contributed by atoms with Crippen molar-refractivity contribution in [2.75, 3.05) is 0 Å². The topological polar surface area (TPSA) is 39.2 Å². The van der Waals surface area contributed by atoms with Gasteiger partial charge >= 0.3 is 5.97 Å². The second kappa shape index (κ2) is 6.98. The van der Waals surface area contributed by atoms with Crippen molar-refractivity contribution in [1.82, 2.24) is 4.98 Å². The Labute approximate surface area is 154 Å². The van der Waals surface area contributed by atoms with Crippen LogP contribution in [0.4, 0.5) is 0 Å². The van der Waals surface area contributed by atoms with E-state index in [1.54, 1.807) is 30.3 Å². The molecule has 24 heavy (non-hydrogen) atoms. The maximum Gasteiger partial charge on any atom is 0.315 e. The number of nitrogens with zero attached hydrogens (tertiary/aromatic N) is 1. The summed E-state index contributed by atoms with van der Waals surface area (Å²) in [6, 6.07) is 12.2. The molecular formula is C18H12Cl3NO2. The molecule has 0 aliphatic carbocycles. The number of fused-ring (bicyclic) bond motifs is 1. The Morgan fingerprint density at radius 1 is 1.04 bits per heavy atom. The molecule has 0 unspecified atom stereocenters. The highest BCUT2D eigenvalue weighted by molar-refractivity contribution is 6.39. The monoisotopic (exact) mass is 379 g/mol. The molecule has 0 aliphatic rings. The van der Waals surface area contributed by atoms with Crippen molar-refractivity contribution in [2.24, 2.45) is 0 Å². The zero-order valence-electron chi connectivity index (χ0n) is 12.6. The van der Waals surface area contributed by atoms with Crippen molar-refractivity contribution in [2.45, 2.75) is 13.3 Å². The highest BCUT2D eigenvalue weighted by Gasteiger charge is 2.16. The van der Waals surface area contributed by atoms with E-state index in [-0.39, 0.29) is 17.2 Å².